The fourth-order valence-electron chi connectivity index (χ4n) is 6.69. The van der Waals surface area contributed by atoms with Crippen molar-refractivity contribution in [1.82, 2.24) is 0 Å². The van der Waals surface area contributed by atoms with Crippen LogP contribution in [0.4, 0.5) is 0 Å². The van der Waals surface area contributed by atoms with Crippen molar-refractivity contribution < 1.29 is 19.7 Å². The molecule has 0 aliphatic heterocycles. The Hall–Kier alpha value is -0.870. The van der Waals surface area contributed by atoms with Crippen LogP contribution in [-0.4, -0.2) is 35.0 Å². The minimum atomic E-state index is -0.849. The topological polar surface area (TPSA) is 66.8 Å². The summed E-state index contributed by atoms with van der Waals surface area (Å²) in [6.45, 7) is 13.7. The van der Waals surface area contributed by atoms with Gasteiger partial charge in [-0.2, -0.15) is 0 Å². The van der Waals surface area contributed by atoms with Crippen LogP contribution in [0.5, 0.6) is 0 Å². The molecule has 0 heterocycles. The van der Waals surface area contributed by atoms with Crippen LogP contribution in [0.15, 0.2) is 11.1 Å². The van der Waals surface area contributed by atoms with Crippen molar-refractivity contribution in [2.24, 2.45) is 34.5 Å². The molecule has 4 heteroatoms. The zero-order valence-electron chi connectivity index (χ0n) is 16.5. The number of esters is 1. The predicted octanol–water partition coefficient (Wildman–Crippen LogP) is 3.32. The van der Waals surface area contributed by atoms with E-state index in [9.17, 15) is 15.0 Å². The number of carbonyl (C=O) groups is 1. The van der Waals surface area contributed by atoms with Gasteiger partial charge in [0.15, 0.2) is 0 Å². The van der Waals surface area contributed by atoms with E-state index in [1.807, 2.05) is 0 Å². The van der Waals surface area contributed by atoms with Crippen molar-refractivity contribution in [1.29, 1.82) is 0 Å². The summed E-state index contributed by atoms with van der Waals surface area (Å²) in [5.41, 5.74) is 2.57. The quantitative estimate of drug-likeness (QED) is 0.453. The van der Waals surface area contributed by atoms with Crippen molar-refractivity contribution in [2.45, 2.75) is 73.0 Å². The third-order valence-electron chi connectivity index (χ3n) is 8.53. The minimum Gasteiger partial charge on any atom is -0.466 e. The molecule has 3 rings (SSSR count). The maximum Gasteiger partial charge on any atom is 0.306 e. The van der Waals surface area contributed by atoms with Gasteiger partial charge in [0.05, 0.1) is 25.2 Å². The highest BCUT2D eigenvalue weighted by Crippen LogP contribution is 2.76. The van der Waals surface area contributed by atoms with Crippen LogP contribution in [0.25, 0.3) is 0 Å². The van der Waals surface area contributed by atoms with Gasteiger partial charge in [0.25, 0.3) is 0 Å². The largest absolute Gasteiger partial charge is 0.466 e. The summed E-state index contributed by atoms with van der Waals surface area (Å²) in [5, 5.41) is 21.6. The van der Waals surface area contributed by atoms with Gasteiger partial charge >= 0.3 is 5.97 Å². The van der Waals surface area contributed by atoms with E-state index in [2.05, 4.69) is 41.5 Å². The van der Waals surface area contributed by atoms with Gasteiger partial charge in [0.2, 0.25) is 0 Å². The number of carbonyl (C=O) groups excluding carboxylic acids is 1. The van der Waals surface area contributed by atoms with Crippen LogP contribution in [0.3, 0.4) is 0 Å². The van der Waals surface area contributed by atoms with Crippen LogP contribution < -0.4 is 0 Å². The molecule has 2 bridgehead atoms. The zero-order chi connectivity index (χ0) is 18.7. The molecule has 3 aliphatic rings. The first-order chi connectivity index (χ1) is 11.6. The molecule has 0 aromatic carbocycles. The molecule has 2 saturated carbocycles. The molecule has 0 spiro atoms. The Morgan fingerprint density at radius 1 is 1.08 bits per heavy atom. The van der Waals surface area contributed by atoms with E-state index in [4.69, 9.17) is 4.74 Å². The average Bonchev–Trinajstić information content (AvgIpc) is 2.97. The second kappa shape index (κ2) is 6.09. The van der Waals surface area contributed by atoms with Crippen LogP contribution in [0, 0.1) is 34.5 Å². The number of fused-ring (bicyclic) bond motifs is 5. The minimum absolute atomic E-state index is 0.0136. The molecule has 2 fully saturated rings. The molecule has 0 aromatic heterocycles. The Balaban J connectivity index is 1.90. The van der Waals surface area contributed by atoms with E-state index in [1.165, 1.54) is 11.1 Å². The number of unbranched alkanes of at least 4 members (excludes halogenated alkanes) is 1. The molecule has 0 saturated heterocycles. The average molecular weight is 350 g/mol. The van der Waals surface area contributed by atoms with Gasteiger partial charge in [-0.05, 0) is 42.9 Å². The molecule has 8 atom stereocenters. The van der Waals surface area contributed by atoms with Gasteiger partial charge in [0, 0.05) is 11.8 Å². The summed E-state index contributed by atoms with van der Waals surface area (Å²) in [4.78, 5) is 12.3. The lowest BCUT2D eigenvalue weighted by Crippen LogP contribution is -2.38. The third-order valence-corrected chi connectivity index (χ3v) is 8.53. The standard InChI is InChI=1S/C21H34O4/c1-7-8-9-25-15(22)10-14-16-17(19(24)18(14)23)21(6)12(3)11(2)20(16,5)13(21)4/h13-14,16-19,23-24H,7-10H2,1-6H3/t13?,14-,16-,17-,18-,19-,20+,21-/m0/s1. The Bertz CT molecular complexity index is 597. The fourth-order valence-corrected chi connectivity index (χ4v) is 6.69. The number of aliphatic hydroxyl groups excluding tert-OH is 2. The zero-order valence-corrected chi connectivity index (χ0v) is 16.5. The predicted molar refractivity (Wildman–Crippen MR) is 96.7 cm³/mol. The van der Waals surface area contributed by atoms with Crippen molar-refractivity contribution in [3.63, 3.8) is 0 Å². The molecule has 4 nitrogen and oxygen atoms in total. The normalized spacial score (nSPS) is 48.2. The van der Waals surface area contributed by atoms with Gasteiger partial charge in [-0.25, -0.2) is 0 Å². The number of aliphatic hydroxyl groups is 2. The van der Waals surface area contributed by atoms with Gasteiger partial charge in [-0.15, -0.1) is 0 Å². The lowest BCUT2D eigenvalue weighted by atomic mass is 9.64. The summed E-state index contributed by atoms with van der Waals surface area (Å²) in [5.74, 6) is 0.0645. The summed E-state index contributed by atoms with van der Waals surface area (Å²) in [6, 6.07) is 0. The van der Waals surface area contributed by atoms with E-state index in [1.54, 1.807) is 0 Å². The molecule has 0 amide bonds. The molecule has 3 aliphatic carbocycles. The fraction of sp³-hybridized carbons (Fsp3) is 0.857. The summed E-state index contributed by atoms with van der Waals surface area (Å²) < 4.78 is 5.35. The third kappa shape index (κ3) is 2.22. The number of hydrogen-bond acceptors (Lipinski definition) is 4. The Labute approximate surface area is 151 Å². The number of allylic oxidation sites excluding steroid dienone is 2. The van der Waals surface area contributed by atoms with E-state index in [0.717, 1.165) is 12.8 Å². The maximum absolute atomic E-state index is 12.3. The second-order valence-electron chi connectivity index (χ2n) is 9.01. The lowest BCUT2D eigenvalue weighted by molar-refractivity contribution is -0.146. The number of rotatable bonds is 5. The smallest absolute Gasteiger partial charge is 0.306 e. The number of ether oxygens (including phenoxy) is 1. The van der Waals surface area contributed by atoms with E-state index < -0.39 is 12.2 Å². The highest BCUT2D eigenvalue weighted by atomic mass is 16.5. The molecule has 25 heavy (non-hydrogen) atoms. The van der Waals surface area contributed by atoms with Gasteiger partial charge in [0.1, 0.15) is 0 Å². The van der Waals surface area contributed by atoms with E-state index >= 15 is 0 Å². The molecule has 1 unspecified atom stereocenters. The van der Waals surface area contributed by atoms with Crippen molar-refractivity contribution in [3.05, 3.63) is 11.1 Å². The van der Waals surface area contributed by atoms with Gasteiger partial charge in [-0.3, -0.25) is 4.79 Å². The van der Waals surface area contributed by atoms with E-state index in [-0.39, 0.29) is 41.0 Å². The highest BCUT2D eigenvalue weighted by molar-refractivity contribution is 5.70. The maximum atomic E-state index is 12.3. The molecule has 0 radical (unpaired) electrons. The molecule has 2 N–H and O–H groups in total. The molecule has 0 aromatic rings. The summed E-state index contributed by atoms with van der Waals surface area (Å²) in [6.07, 6.45) is 0.435. The first-order valence-electron chi connectivity index (χ1n) is 9.83. The Morgan fingerprint density at radius 3 is 2.20 bits per heavy atom. The van der Waals surface area contributed by atoms with E-state index in [0.29, 0.717) is 12.5 Å². The molecule has 142 valence electrons. The Kier molecular flexibility index (Phi) is 4.61. The van der Waals surface area contributed by atoms with Gasteiger partial charge < -0.3 is 14.9 Å². The lowest BCUT2D eigenvalue weighted by Gasteiger charge is -2.40. The van der Waals surface area contributed by atoms with Crippen molar-refractivity contribution in [2.75, 3.05) is 6.61 Å². The molecular weight excluding hydrogens is 316 g/mol. The SMILES string of the molecule is CCCCOC(=O)C[C@@H]1[C@H](O)[C@@H](O)[C@@H]2[C@H]1[C@]1(C)C(C)=C(C)[C@@]2(C)C1C. The van der Waals surface area contributed by atoms with Crippen LogP contribution in [-0.2, 0) is 9.53 Å². The first-order valence-corrected chi connectivity index (χ1v) is 9.83. The monoisotopic (exact) mass is 350 g/mol. The van der Waals surface area contributed by atoms with Crippen LogP contribution in [0.1, 0.15) is 60.8 Å². The van der Waals surface area contributed by atoms with Gasteiger partial charge in [-0.1, -0.05) is 45.3 Å². The van der Waals surface area contributed by atoms with Crippen LogP contribution in [0.2, 0.25) is 0 Å². The number of hydrogen-bond donors (Lipinski definition) is 2. The second-order valence-corrected chi connectivity index (χ2v) is 9.01. The van der Waals surface area contributed by atoms with Crippen LogP contribution >= 0.6 is 0 Å². The van der Waals surface area contributed by atoms with Crippen molar-refractivity contribution in [3.8, 4) is 0 Å². The Morgan fingerprint density at radius 2 is 1.64 bits per heavy atom. The first kappa shape index (κ1) is 18.9. The van der Waals surface area contributed by atoms with Crippen molar-refractivity contribution >= 4 is 5.97 Å². The summed E-state index contributed by atoms with van der Waals surface area (Å²) >= 11 is 0. The molecular formula is C21H34O4. The highest BCUT2D eigenvalue weighted by Gasteiger charge is 2.74. The summed E-state index contributed by atoms with van der Waals surface area (Å²) in [7, 11) is 0.